The minimum atomic E-state index is 0.649. The molecule has 39 heavy (non-hydrogen) atoms. The molecule has 6 heteroatoms. The van der Waals surface area contributed by atoms with Crippen LogP contribution in [0.25, 0.3) is 10.8 Å². The largest absolute Gasteiger partial charge is 0.494 e. The monoisotopic (exact) mass is 514 g/mol. The first-order chi connectivity index (χ1) is 19.2. The van der Waals surface area contributed by atoms with E-state index in [1.54, 1.807) is 0 Å². The molecule has 0 bridgehead atoms. The van der Waals surface area contributed by atoms with Crippen LogP contribution in [0.1, 0.15) is 19.4 Å². The van der Waals surface area contributed by atoms with Gasteiger partial charge in [-0.25, -0.2) is 0 Å². The minimum Gasteiger partial charge on any atom is -0.494 e. The summed E-state index contributed by atoms with van der Waals surface area (Å²) in [7, 11) is 0. The predicted molar refractivity (Wildman–Crippen MR) is 160 cm³/mol. The number of fused-ring (bicyclic) bond motifs is 1. The van der Waals surface area contributed by atoms with Crippen molar-refractivity contribution in [1.29, 1.82) is 0 Å². The Morgan fingerprint density at radius 1 is 0.590 bits per heavy atom. The zero-order valence-corrected chi connectivity index (χ0v) is 22.0. The number of anilines is 2. The third-order valence-electron chi connectivity index (χ3n) is 6.02. The molecule has 6 nitrogen and oxygen atoms in total. The number of aliphatic imine (C=N–C) groups is 1. The number of nitrogens with one attached hydrogen (secondary N) is 1. The second-order valence-electron chi connectivity index (χ2n) is 8.74. The zero-order valence-electron chi connectivity index (χ0n) is 22.0. The first-order valence-corrected chi connectivity index (χ1v) is 13.0. The van der Waals surface area contributed by atoms with E-state index in [9.17, 15) is 0 Å². The topological polar surface area (TPSA) is 67.6 Å². The molecule has 0 unspecified atom stereocenters. The van der Waals surface area contributed by atoms with Gasteiger partial charge >= 0.3 is 0 Å². The van der Waals surface area contributed by atoms with Crippen LogP contribution in [0.2, 0.25) is 0 Å². The van der Waals surface area contributed by atoms with Crippen molar-refractivity contribution in [2.75, 3.05) is 18.5 Å². The quantitative estimate of drug-likeness (QED) is 0.149. The molecule has 0 amide bonds. The highest BCUT2D eigenvalue weighted by Gasteiger charge is 2.05. The summed E-state index contributed by atoms with van der Waals surface area (Å²) in [4.78, 5) is 4.75. The summed E-state index contributed by atoms with van der Waals surface area (Å²) < 4.78 is 11.0. The summed E-state index contributed by atoms with van der Waals surface area (Å²) in [6, 6.07) is 35.7. The van der Waals surface area contributed by atoms with Gasteiger partial charge in [0.1, 0.15) is 11.5 Å². The van der Waals surface area contributed by atoms with Crippen molar-refractivity contribution < 1.29 is 9.47 Å². The van der Waals surface area contributed by atoms with Gasteiger partial charge in [-0.2, -0.15) is 5.11 Å². The van der Waals surface area contributed by atoms with Gasteiger partial charge in [0.2, 0.25) is 0 Å². The van der Waals surface area contributed by atoms with Gasteiger partial charge in [0.15, 0.2) is 0 Å². The number of rotatable bonds is 10. The van der Waals surface area contributed by atoms with E-state index in [1.807, 2.05) is 123 Å². The Morgan fingerprint density at radius 2 is 1.13 bits per heavy atom. The van der Waals surface area contributed by atoms with Crippen LogP contribution in [0, 0.1) is 0 Å². The van der Waals surface area contributed by atoms with Gasteiger partial charge in [0.25, 0.3) is 0 Å². The molecule has 0 aliphatic rings. The van der Waals surface area contributed by atoms with E-state index in [1.165, 1.54) is 0 Å². The van der Waals surface area contributed by atoms with Crippen LogP contribution in [-0.2, 0) is 0 Å². The second kappa shape index (κ2) is 12.5. The molecule has 0 atom stereocenters. The molecule has 0 spiro atoms. The van der Waals surface area contributed by atoms with Crippen LogP contribution < -0.4 is 14.8 Å². The number of hydrogen-bond acceptors (Lipinski definition) is 6. The molecule has 1 N–H and O–H groups in total. The summed E-state index contributed by atoms with van der Waals surface area (Å²) in [6.45, 7) is 5.25. The number of hydrogen-bond donors (Lipinski definition) is 1. The average Bonchev–Trinajstić information content (AvgIpc) is 2.98. The summed E-state index contributed by atoms with van der Waals surface area (Å²) >= 11 is 0. The molecule has 0 aromatic heterocycles. The number of azo groups is 1. The van der Waals surface area contributed by atoms with Crippen molar-refractivity contribution in [2.24, 2.45) is 15.2 Å². The van der Waals surface area contributed by atoms with Crippen LogP contribution in [-0.4, -0.2) is 19.4 Å². The first-order valence-electron chi connectivity index (χ1n) is 13.0. The molecule has 0 saturated heterocycles. The Balaban J connectivity index is 1.29. The highest BCUT2D eigenvalue weighted by molar-refractivity contribution is 6.01. The number of ether oxygens (including phenoxy) is 2. The Kier molecular flexibility index (Phi) is 8.24. The van der Waals surface area contributed by atoms with E-state index < -0.39 is 0 Å². The Labute approximate surface area is 228 Å². The second-order valence-corrected chi connectivity index (χ2v) is 8.74. The molecule has 0 fully saturated rings. The maximum absolute atomic E-state index is 5.52. The van der Waals surface area contributed by atoms with Crippen LogP contribution in [0.4, 0.5) is 28.4 Å². The van der Waals surface area contributed by atoms with Crippen molar-refractivity contribution in [3.8, 4) is 11.5 Å². The van der Waals surface area contributed by atoms with Crippen molar-refractivity contribution in [3.05, 3.63) is 115 Å². The molecule has 5 aromatic rings. The standard InChI is InChI=1S/C33H30N4O2/c1-3-38-28-17-9-24(10-18-28)23-34-32-21-22-33(31-8-6-5-7-30(31)32)37-36-27-13-11-25(12-14-27)35-26-15-19-29(20-16-26)39-4-2/h5-23,35H,3-4H2,1-2H3. The van der Waals surface area contributed by atoms with Crippen molar-refractivity contribution in [2.45, 2.75) is 13.8 Å². The fourth-order valence-electron chi connectivity index (χ4n) is 4.12. The molecule has 0 heterocycles. The van der Waals surface area contributed by atoms with Gasteiger partial charge in [0.05, 0.1) is 30.3 Å². The van der Waals surface area contributed by atoms with E-state index in [0.29, 0.717) is 13.2 Å². The molecule has 5 aromatic carbocycles. The molecular weight excluding hydrogens is 484 g/mol. The maximum atomic E-state index is 5.52. The summed E-state index contributed by atoms with van der Waals surface area (Å²) in [5.41, 5.74) is 5.41. The van der Waals surface area contributed by atoms with Crippen LogP contribution in [0.15, 0.2) is 124 Å². The predicted octanol–water partition coefficient (Wildman–Crippen LogP) is 9.55. The molecule has 0 aliphatic heterocycles. The Morgan fingerprint density at radius 3 is 1.74 bits per heavy atom. The smallest absolute Gasteiger partial charge is 0.119 e. The van der Waals surface area contributed by atoms with Gasteiger partial charge in [-0.1, -0.05) is 24.3 Å². The van der Waals surface area contributed by atoms with Crippen molar-refractivity contribution >= 4 is 45.4 Å². The van der Waals surface area contributed by atoms with Gasteiger partial charge < -0.3 is 14.8 Å². The van der Waals surface area contributed by atoms with E-state index in [2.05, 4.69) is 21.6 Å². The fraction of sp³-hybridized carbons (Fsp3) is 0.121. The summed E-state index contributed by atoms with van der Waals surface area (Å²) in [5, 5.41) is 14.4. The number of nitrogens with zero attached hydrogens (tertiary/aromatic N) is 3. The van der Waals surface area contributed by atoms with Gasteiger partial charge in [0, 0.05) is 28.4 Å². The van der Waals surface area contributed by atoms with Crippen molar-refractivity contribution in [3.63, 3.8) is 0 Å². The van der Waals surface area contributed by atoms with Crippen LogP contribution >= 0.6 is 0 Å². The molecule has 0 radical (unpaired) electrons. The summed E-state index contributed by atoms with van der Waals surface area (Å²) in [5.74, 6) is 1.71. The third kappa shape index (κ3) is 6.67. The lowest BCUT2D eigenvalue weighted by Crippen LogP contribution is -1.92. The molecular formula is C33H30N4O2. The average molecular weight is 515 g/mol. The summed E-state index contributed by atoms with van der Waals surface area (Å²) in [6.07, 6.45) is 1.86. The van der Waals surface area contributed by atoms with Crippen molar-refractivity contribution in [1.82, 2.24) is 0 Å². The van der Waals surface area contributed by atoms with Gasteiger partial charge in [-0.15, -0.1) is 5.11 Å². The Bertz CT molecular complexity index is 1580. The molecule has 194 valence electrons. The number of benzene rings is 5. The Hall–Kier alpha value is -4.97. The highest BCUT2D eigenvalue weighted by atomic mass is 16.5. The lowest BCUT2D eigenvalue weighted by molar-refractivity contribution is 0.340. The van der Waals surface area contributed by atoms with E-state index in [4.69, 9.17) is 14.5 Å². The lowest BCUT2D eigenvalue weighted by Gasteiger charge is -2.08. The van der Waals surface area contributed by atoms with Crippen LogP contribution in [0.5, 0.6) is 11.5 Å². The zero-order chi connectivity index (χ0) is 26.9. The normalized spacial score (nSPS) is 11.3. The molecule has 0 aliphatic carbocycles. The third-order valence-corrected chi connectivity index (χ3v) is 6.02. The van der Waals surface area contributed by atoms with Gasteiger partial charge in [-0.3, -0.25) is 4.99 Å². The highest BCUT2D eigenvalue weighted by Crippen LogP contribution is 2.34. The van der Waals surface area contributed by atoms with Gasteiger partial charge in [-0.05, 0) is 104 Å². The first kappa shape index (κ1) is 25.7. The van der Waals surface area contributed by atoms with E-state index in [-0.39, 0.29) is 0 Å². The van der Waals surface area contributed by atoms with Crippen LogP contribution in [0.3, 0.4) is 0 Å². The fourth-order valence-corrected chi connectivity index (χ4v) is 4.12. The molecule has 5 rings (SSSR count). The van der Waals surface area contributed by atoms with E-state index in [0.717, 1.165) is 56.3 Å². The minimum absolute atomic E-state index is 0.649. The lowest BCUT2D eigenvalue weighted by atomic mass is 10.1. The SMILES string of the molecule is CCOc1ccc(C=Nc2ccc(N=Nc3ccc(Nc4ccc(OCC)cc4)cc3)c3ccccc23)cc1. The van der Waals surface area contributed by atoms with E-state index >= 15 is 0 Å². The molecule has 0 saturated carbocycles. The maximum Gasteiger partial charge on any atom is 0.119 e.